The highest BCUT2D eigenvalue weighted by molar-refractivity contribution is 5.95. The van der Waals surface area contributed by atoms with Crippen LogP contribution in [0.5, 0.6) is 11.5 Å². The third-order valence-corrected chi connectivity index (χ3v) is 4.07. The first kappa shape index (κ1) is 16.4. The third-order valence-electron chi connectivity index (χ3n) is 4.07. The van der Waals surface area contributed by atoms with E-state index in [-0.39, 0.29) is 17.8 Å². The third kappa shape index (κ3) is 3.88. The SMILES string of the molecule is C[C@H](OC(=O)[C@@H]1CC=CCC1)C(=O)Nc1ccc2c(c1)OCCO2. The van der Waals surface area contributed by atoms with Gasteiger partial charge in [-0.25, -0.2) is 0 Å². The summed E-state index contributed by atoms with van der Waals surface area (Å²) in [6, 6.07) is 5.17. The van der Waals surface area contributed by atoms with E-state index < -0.39 is 6.10 Å². The molecule has 2 atom stereocenters. The van der Waals surface area contributed by atoms with Crippen LogP contribution >= 0.6 is 0 Å². The van der Waals surface area contributed by atoms with Crippen molar-refractivity contribution >= 4 is 17.6 Å². The summed E-state index contributed by atoms with van der Waals surface area (Å²) in [5, 5.41) is 2.73. The van der Waals surface area contributed by atoms with Gasteiger partial charge in [0.15, 0.2) is 17.6 Å². The summed E-state index contributed by atoms with van der Waals surface area (Å²) in [7, 11) is 0. The van der Waals surface area contributed by atoms with Gasteiger partial charge in [-0.3, -0.25) is 9.59 Å². The lowest BCUT2D eigenvalue weighted by Gasteiger charge is -2.21. The van der Waals surface area contributed by atoms with Gasteiger partial charge in [0, 0.05) is 11.8 Å². The van der Waals surface area contributed by atoms with E-state index in [1.54, 1.807) is 25.1 Å². The Morgan fingerprint density at radius 2 is 2.00 bits per heavy atom. The first-order chi connectivity index (χ1) is 11.6. The summed E-state index contributed by atoms with van der Waals surface area (Å²) >= 11 is 0. The Morgan fingerprint density at radius 1 is 1.21 bits per heavy atom. The molecule has 1 N–H and O–H groups in total. The number of hydrogen-bond donors (Lipinski definition) is 1. The number of carbonyl (C=O) groups is 2. The minimum Gasteiger partial charge on any atom is -0.486 e. The minimum atomic E-state index is -0.850. The smallest absolute Gasteiger partial charge is 0.310 e. The summed E-state index contributed by atoms with van der Waals surface area (Å²) in [5.41, 5.74) is 0.577. The number of carbonyl (C=O) groups excluding carboxylic acids is 2. The first-order valence-electron chi connectivity index (χ1n) is 8.19. The average molecular weight is 331 g/mol. The van der Waals surface area contributed by atoms with Crippen LogP contribution in [-0.4, -0.2) is 31.2 Å². The van der Waals surface area contributed by atoms with Crippen molar-refractivity contribution < 1.29 is 23.8 Å². The van der Waals surface area contributed by atoms with E-state index in [0.29, 0.717) is 36.8 Å². The fraction of sp³-hybridized carbons (Fsp3) is 0.444. The predicted octanol–water partition coefficient (Wildman–Crippen LogP) is 2.68. The number of benzene rings is 1. The van der Waals surface area contributed by atoms with Crippen molar-refractivity contribution in [2.45, 2.75) is 32.3 Å². The predicted molar refractivity (Wildman–Crippen MR) is 88.1 cm³/mol. The Balaban J connectivity index is 1.56. The molecule has 3 rings (SSSR count). The van der Waals surface area contributed by atoms with Gasteiger partial charge < -0.3 is 19.5 Å². The molecule has 24 heavy (non-hydrogen) atoms. The van der Waals surface area contributed by atoms with Crippen molar-refractivity contribution in [1.82, 2.24) is 0 Å². The van der Waals surface area contributed by atoms with Crippen LogP contribution in [0.15, 0.2) is 30.4 Å². The molecule has 1 aliphatic carbocycles. The molecule has 2 aliphatic rings. The summed E-state index contributed by atoms with van der Waals surface area (Å²) < 4.78 is 16.2. The van der Waals surface area contributed by atoms with Crippen LogP contribution in [-0.2, 0) is 14.3 Å². The van der Waals surface area contributed by atoms with Crippen LogP contribution in [0.2, 0.25) is 0 Å². The van der Waals surface area contributed by atoms with Crippen LogP contribution in [0.3, 0.4) is 0 Å². The van der Waals surface area contributed by atoms with E-state index in [2.05, 4.69) is 11.4 Å². The Kier molecular flexibility index (Phi) is 5.03. The van der Waals surface area contributed by atoms with Crippen LogP contribution in [0.4, 0.5) is 5.69 Å². The fourth-order valence-electron chi connectivity index (χ4n) is 2.70. The molecule has 0 unspecified atom stereocenters. The van der Waals surface area contributed by atoms with Crippen LogP contribution in [0, 0.1) is 5.92 Å². The lowest BCUT2D eigenvalue weighted by Crippen LogP contribution is -2.32. The molecule has 1 aliphatic heterocycles. The molecule has 1 amide bonds. The molecule has 1 aromatic rings. The Morgan fingerprint density at radius 3 is 2.75 bits per heavy atom. The van der Waals surface area contributed by atoms with Gasteiger partial charge in [0.25, 0.3) is 5.91 Å². The van der Waals surface area contributed by atoms with E-state index in [0.717, 1.165) is 12.8 Å². The lowest BCUT2D eigenvalue weighted by molar-refractivity contribution is -0.157. The average Bonchev–Trinajstić information content (AvgIpc) is 2.62. The van der Waals surface area contributed by atoms with Gasteiger partial charge >= 0.3 is 5.97 Å². The Hall–Kier alpha value is -2.50. The van der Waals surface area contributed by atoms with Crippen molar-refractivity contribution in [2.75, 3.05) is 18.5 Å². The van der Waals surface area contributed by atoms with Crippen molar-refractivity contribution in [1.29, 1.82) is 0 Å². The van der Waals surface area contributed by atoms with Crippen LogP contribution in [0.1, 0.15) is 26.2 Å². The molecular weight excluding hydrogens is 310 g/mol. The maximum atomic E-state index is 12.2. The highest BCUT2D eigenvalue weighted by Gasteiger charge is 2.25. The number of amides is 1. The topological polar surface area (TPSA) is 73.9 Å². The van der Waals surface area contributed by atoms with Gasteiger partial charge in [-0.15, -0.1) is 0 Å². The number of ether oxygens (including phenoxy) is 3. The molecular formula is C18H21NO5. The lowest BCUT2D eigenvalue weighted by atomic mass is 9.95. The molecule has 0 bridgehead atoms. The van der Waals surface area contributed by atoms with Crippen molar-refractivity contribution in [3.8, 4) is 11.5 Å². The molecule has 0 radical (unpaired) electrons. The number of anilines is 1. The largest absolute Gasteiger partial charge is 0.486 e. The fourth-order valence-corrected chi connectivity index (χ4v) is 2.70. The Labute approximate surface area is 140 Å². The second kappa shape index (κ2) is 7.38. The Bertz CT molecular complexity index is 655. The van der Waals surface area contributed by atoms with E-state index >= 15 is 0 Å². The van der Waals surface area contributed by atoms with E-state index in [1.165, 1.54) is 0 Å². The van der Waals surface area contributed by atoms with E-state index in [9.17, 15) is 9.59 Å². The summed E-state index contributed by atoms with van der Waals surface area (Å²) in [6.45, 7) is 2.57. The highest BCUT2D eigenvalue weighted by Crippen LogP contribution is 2.32. The zero-order chi connectivity index (χ0) is 16.9. The number of nitrogens with one attached hydrogen (secondary N) is 1. The van der Waals surface area contributed by atoms with Crippen LogP contribution in [0.25, 0.3) is 0 Å². The molecule has 0 spiro atoms. The summed E-state index contributed by atoms with van der Waals surface area (Å²) in [6.07, 6.45) is 5.51. The maximum Gasteiger partial charge on any atom is 0.310 e. The molecule has 1 heterocycles. The van der Waals surface area contributed by atoms with Gasteiger partial charge in [-0.1, -0.05) is 12.2 Å². The van der Waals surface area contributed by atoms with Gasteiger partial charge in [0.05, 0.1) is 5.92 Å². The zero-order valence-electron chi connectivity index (χ0n) is 13.6. The molecule has 1 aromatic carbocycles. The molecule has 6 nitrogen and oxygen atoms in total. The molecule has 0 aromatic heterocycles. The van der Waals surface area contributed by atoms with Gasteiger partial charge in [-0.05, 0) is 38.3 Å². The summed E-state index contributed by atoms with van der Waals surface area (Å²) in [5.74, 6) is 0.414. The number of allylic oxidation sites excluding steroid dienone is 2. The van der Waals surface area contributed by atoms with Crippen molar-refractivity contribution in [2.24, 2.45) is 5.92 Å². The van der Waals surface area contributed by atoms with E-state index in [4.69, 9.17) is 14.2 Å². The molecule has 0 saturated heterocycles. The van der Waals surface area contributed by atoms with Crippen LogP contribution < -0.4 is 14.8 Å². The molecule has 0 saturated carbocycles. The second-order valence-corrected chi connectivity index (χ2v) is 5.91. The standard InChI is InChI=1S/C18H21NO5/c1-12(24-18(21)13-5-3-2-4-6-13)17(20)19-14-7-8-15-16(11-14)23-10-9-22-15/h2-3,7-8,11-13H,4-6,9-10H2,1H3,(H,19,20)/t12-,13+/m0/s1. The first-order valence-corrected chi connectivity index (χ1v) is 8.19. The van der Waals surface area contributed by atoms with Gasteiger partial charge in [-0.2, -0.15) is 0 Å². The quantitative estimate of drug-likeness (QED) is 0.678. The second-order valence-electron chi connectivity index (χ2n) is 5.91. The number of esters is 1. The minimum absolute atomic E-state index is 0.153. The van der Waals surface area contributed by atoms with Crippen molar-refractivity contribution in [3.63, 3.8) is 0 Å². The monoisotopic (exact) mass is 331 g/mol. The van der Waals surface area contributed by atoms with Gasteiger partial charge in [0.2, 0.25) is 0 Å². The number of rotatable bonds is 4. The number of fused-ring (bicyclic) bond motifs is 1. The van der Waals surface area contributed by atoms with Crippen molar-refractivity contribution in [3.05, 3.63) is 30.4 Å². The molecule has 0 fully saturated rings. The number of hydrogen-bond acceptors (Lipinski definition) is 5. The summed E-state index contributed by atoms with van der Waals surface area (Å²) in [4.78, 5) is 24.3. The highest BCUT2D eigenvalue weighted by atomic mass is 16.6. The normalized spacial score (nSPS) is 20.1. The zero-order valence-corrected chi connectivity index (χ0v) is 13.6. The molecule has 128 valence electrons. The molecule has 6 heteroatoms. The van der Waals surface area contributed by atoms with E-state index in [1.807, 2.05) is 6.08 Å². The maximum absolute atomic E-state index is 12.2. The van der Waals surface area contributed by atoms with Gasteiger partial charge in [0.1, 0.15) is 13.2 Å².